The molecule has 1 atom stereocenters. The van der Waals surface area contributed by atoms with Crippen LogP contribution >= 0.6 is 11.6 Å². The summed E-state index contributed by atoms with van der Waals surface area (Å²) in [6.07, 6.45) is -0.287. The molecular weight excluding hydrogens is 302 g/mol. The van der Waals surface area contributed by atoms with Gasteiger partial charge in [0.1, 0.15) is 11.8 Å². The maximum Gasteiger partial charge on any atom is 0.326 e. The molecule has 0 aromatic heterocycles. The highest BCUT2D eigenvalue weighted by Gasteiger charge is 2.23. The minimum atomic E-state index is -1.30. The smallest absolute Gasteiger partial charge is 0.326 e. The first kappa shape index (κ1) is 16.8. The molecular formula is C13H14ClNO6. The van der Waals surface area contributed by atoms with Gasteiger partial charge >= 0.3 is 11.9 Å². The van der Waals surface area contributed by atoms with E-state index >= 15 is 0 Å². The first-order valence-electron chi connectivity index (χ1n) is 5.94. The molecule has 114 valence electrons. The average molecular weight is 316 g/mol. The number of amides is 1. The second kappa shape index (κ2) is 7.49. The topological polar surface area (TPSA) is 113 Å². The molecule has 1 amide bonds. The fourth-order valence-electron chi connectivity index (χ4n) is 1.55. The van der Waals surface area contributed by atoms with Crippen LogP contribution in [0.3, 0.4) is 0 Å². The lowest BCUT2D eigenvalue weighted by molar-refractivity contribution is -0.142. The summed E-state index contributed by atoms with van der Waals surface area (Å²) in [5.74, 6) is -3.00. The van der Waals surface area contributed by atoms with Crippen LogP contribution in [-0.2, 0) is 14.3 Å². The maximum atomic E-state index is 11.9. The van der Waals surface area contributed by atoms with Gasteiger partial charge in [0.05, 0.1) is 12.7 Å². The number of hydrogen-bond acceptors (Lipinski definition) is 5. The zero-order chi connectivity index (χ0) is 16.0. The van der Waals surface area contributed by atoms with Gasteiger partial charge in [0.25, 0.3) is 5.91 Å². The summed E-state index contributed by atoms with van der Waals surface area (Å²) in [6, 6.07) is 2.54. The van der Waals surface area contributed by atoms with Crippen LogP contribution < -0.4 is 5.32 Å². The SMILES string of the molecule is COC(=O)CCC(NC(=O)c1cc(Cl)ccc1O)C(=O)O. The van der Waals surface area contributed by atoms with Gasteiger partial charge in [0.15, 0.2) is 0 Å². The van der Waals surface area contributed by atoms with E-state index in [1.807, 2.05) is 0 Å². The fourth-order valence-corrected chi connectivity index (χ4v) is 1.72. The zero-order valence-electron chi connectivity index (χ0n) is 11.1. The summed E-state index contributed by atoms with van der Waals surface area (Å²) in [4.78, 5) is 34.0. The normalized spacial score (nSPS) is 11.5. The molecule has 0 fully saturated rings. The monoisotopic (exact) mass is 315 g/mol. The van der Waals surface area contributed by atoms with Crippen LogP contribution in [0.1, 0.15) is 23.2 Å². The average Bonchev–Trinajstić information content (AvgIpc) is 2.44. The standard InChI is InChI=1S/C13H14ClNO6/c1-21-11(17)5-3-9(13(19)20)15-12(18)8-6-7(14)2-4-10(8)16/h2,4,6,9,16H,3,5H2,1H3,(H,15,18)(H,19,20). The number of halogens is 1. The Morgan fingerprint density at radius 3 is 2.62 bits per heavy atom. The Morgan fingerprint density at radius 2 is 2.05 bits per heavy atom. The molecule has 1 rings (SSSR count). The molecule has 0 bridgehead atoms. The summed E-state index contributed by atoms with van der Waals surface area (Å²) < 4.78 is 4.40. The maximum absolute atomic E-state index is 11.9. The van der Waals surface area contributed by atoms with Crippen LogP contribution in [0.5, 0.6) is 5.75 Å². The van der Waals surface area contributed by atoms with Crippen LogP contribution in [0.4, 0.5) is 0 Å². The Morgan fingerprint density at radius 1 is 1.38 bits per heavy atom. The van der Waals surface area contributed by atoms with E-state index in [9.17, 15) is 19.5 Å². The van der Waals surface area contributed by atoms with Gasteiger partial charge in [-0.3, -0.25) is 9.59 Å². The van der Waals surface area contributed by atoms with Crippen molar-refractivity contribution in [2.45, 2.75) is 18.9 Å². The Labute approximate surface area is 125 Å². The molecule has 3 N–H and O–H groups in total. The van der Waals surface area contributed by atoms with Crippen LogP contribution in [0, 0.1) is 0 Å². The van der Waals surface area contributed by atoms with Crippen molar-refractivity contribution in [3.63, 3.8) is 0 Å². The number of phenolic OH excluding ortho intramolecular Hbond substituents is 1. The molecule has 1 aromatic carbocycles. The van der Waals surface area contributed by atoms with E-state index < -0.39 is 23.9 Å². The zero-order valence-corrected chi connectivity index (χ0v) is 11.9. The van der Waals surface area contributed by atoms with Crippen LogP contribution in [0.2, 0.25) is 5.02 Å². The Kier molecular flexibility index (Phi) is 5.98. The van der Waals surface area contributed by atoms with Crippen molar-refractivity contribution in [2.75, 3.05) is 7.11 Å². The molecule has 8 heteroatoms. The summed E-state index contributed by atoms with van der Waals surface area (Å²) in [6.45, 7) is 0. The lowest BCUT2D eigenvalue weighted by Crippen LogP contribution is -2.41. The molecule has 0 saturated heterocycles. The van der Waals surface area contributed by atoms with E-state index in [1.54, 1.807) is 0 Å². The number of rotatable bonds is 6. The molecule has 0 aliphatic carbocycles. The number of ether oxygens (including phenoxy) is 1. The van der Waals surface area contributed by atoms with E-state index in [1.165, 1.54) is 25.3 Å². The molecule has 0 aliphatic heterocycles. The molecule has 0 spiro atoms. The molecule has 1 unspecified atom stereocenters. The van der Waals surface area contributed by atoms with E-state index in [-0.39, 0.29) is 29.2 Å². The van der Waals surface area contributed by atoms with Crippen LogP contribution in [-0.4, -0.2) is 41.2 Å². The van der Waals surface area contributed by atoms with Crippen molar-refractivity contribution < 1.29 is 29.3 Å². The summed E-state index contributed by atoms with van der Waals surface area (Å²) in [7, 11) is 1.18. The van der Waals surface area contributed by atoms with Crippen molar-refractivity contribution in [1.29, 1.82) is 0 Å². The molecule has 0 saturated carbocycles. The van der Waals surface area contributed by atoms with Crippen LogP contribution in [0.25, 0.3) is 0 Å². The second-order valence-electron chi connectivity index (χ2n) is 4.14. The number of aliphatic carboxylic acids is 1. The lowest BCUT2D eigenvalue weighted by Gasteiger charge is -2.14. The van der Waals surface area contributed by atoms with Gasteiger partial charge in [-0.1, -0.05) is 11.6 Å². The highest BCUT2D eigenvalue weighted by atomic mass is 35.5. The fraction of sp³-hybridized carbons (Fsp3) is 0.308. The Hall–Kier alpha value is -2.28. The molecule has 0 radical (unpaired) electrons. The quantitative estimate of drug-likeness (QED) is 0.679. The number of hydrogen-bond donors (Lipinski definition) is 3. The molecule has 0 aliphatic rings. The Bertz CT molecular complexity index is 560. The number of esters is 1. The summed E-state index contributed by atoms with van der Waals surface area (Å²) >= 11 is 5.71. The number of carboxylic acids is 1. The third kappa shape index (κ3) is 4.96. The predicted octanol–water partition coefficient (Wildman–Crippen LogP) is 1.18. The highest BCUT2D eigenvalue weighted by molar-refractivity contribution is 6.31. The number of aromatic hydroxyl groups is 1. The minimum Gasteiger partial charge on any atom is -0.507 e. The van der Waals surface area contributed by atoms with Crippen molar-refractivity contribution in [1.82, 2.24) is 5.32 Å². The van der Waals surface area contributed by atoms with E-state index in [0.29, 0.717) is 0 Å². The second-order valence-corrected chi connectivity index (χ2v) is 4.58. The molecule has 7 nitrogen and oxygen atoms in total. The number of methoxy groups -OCH3 is 1. The molecule has 1 aromatic rings. The van der Waals surface area contributed by atoms with Gasteiger partial charge < -0.3 is 20.3 Å². The van der Waals surface area contributed by atoms with Gasteiger partial charge in [0.2, 0.25) is 0 Å². The molecule has 0 heterocycles. The first-order valence-corrected chi connectivity index (χ1v) is 6.32. The largest absolute Gasteiger partial charge is 0.507 e. The minimum absolute atomic E-state index is 0.130. The predicted molar refractivity (Wildman–Crippen MR) is 73.3 cm³/mol. The third-order valence-electron chi connectivity index (χ3n) is 2.67. The van der Waals surface area contributed by atoms with Gasteiger partial charge in [-0.05, 0) is 24.6 Å². The lowest BCUT2D eigenvalue weighted by atomic mass is 10.1. The van der Waals surface area contributed by atoms with Crippen molar-refractivity contribution in [2.24, 2.45) is 0 Å². The van der Waals surface area contributed by atoms with Gasteiger partial charge in [-0.2, -0.15) is 0 Å². The van der Waals surface area contributed by atoms with Crippen molar-refractivity contribution in [3.8, 4) is 5.75 Å². The van der Waals surface area contributed by atoms with Gasteiger partial charge in [-0.15, -0.1) is 0 Å². The number of carbonyl (C=O) groups excluding carboxylic acids is 2. The number of benzene rings is 1. The number of nitrogens with one attached hydrogen (secondary N) is 1. The highest BCUT2D eigenvalue weighted by Crippen LogP contribution is 2.21. The van der Waals surface area contributed by atoms with Gasteiger partial charge in [0, 0.05) is 11.4 Å². The number of phenols is 1. The third-order valence-corrected chi connectivity index (χ3v) is 2.91. The van der Waals surface area contributed by atoms with E-state index in [2.05, 4.69) is 10.1 Å². The van der Waals surface area contributed by atoms with Gasteiger partial charge in [-0.25, -0.2) is 4.79 Å². The molecule has 21 heavy (non-hydrogen) atoms. The first-order chi connectivity index (χ1) is 9.85. The van der Waals surface area contributed by atoms with Crippen molar-refractivity contribution >= 4 is 29.4 Å². The van der Waals surface area contributed by atoms with E-state index in [0.717, 1.165) is 0 Å². The number of carbonyl (C=O) groups is 3. The number of carboxylic acid groups (broad SMARTS) is 1. The Balaban J connectivity index is 2.79. The summed E-state index contributed by atoms with van der Waals surface area (Å²) in [5.41, 5.74) is -0.146. The van der Waals surface area contributed by atoms with Crippen LogP contribution in [0.15, 0.2) is 18.2 Å². The van der Waals surface area contributed by atoms with Crippen molar-refractivity contribution in [3.05, 3.63) is 28.8 Å². The van der Waals surface area contributed by atoms with E-state index in [4.69, 9.17) is 16.7 Å². The summed E-state index contributed by atoms with van der Waals surface area (Å²) in [5, 5.41) is 21.0.